The van der Waals surface area contributed by atoms with E-state index in [1.165, 1.54) is 11.8 Å². The van der Waals surface area contributed by atoms with Crippen molar-refractivity contribution in [2.24, 2.45) is 0 Å². The molecule has 0 aliphatic carbocycles. The lowest BCUT2D eigenvalue weighted by molar-refractivity contribution is -0.139. The van der Waals surface area contributed by atoms with Crippen molar-refractivity contribution in [2.75, 3.05) is 19.4 Å². The van der Waals surface area contributed by atoms with Crippen molar-refractivity contribution < 1.29 is 14.3 Å². The summed E-state index contributed by atoms with van der Waals surface area (Å²) in [6.45, 7) is 4.92. The maximum atomic E-state index is 13.2. The summed E-state index contributed by atoms with van der Waals surface area (Å²) >= 11 is 7.57. The number of nitrogens with zero attached hydrogens (tertiary/aromatic N) is 1. The number of halogens is 1. The van der Waals surface area contributed by atoms with Crippen molar-refractivity contribution in [1.82, 2.24) is 10.2 Å². The number of benzene rings is 2. The van der Waals surface area contributed by atoms with Crippen LogP contribution in [0.5, 0.6) is 5.75 Å². The third kappa shape index (κ3) is 8.11. The van der Waals surface area contributed by atoms with E-state index in [0.29, 0.717) is 36.0 Å². The summed E-state index contributed by atoms with van der Waals surface area (Å²) in [4.78, 5) is 27.6. The number of nitrogens with one attached hydrogen (secondary N) is 1. The molecule has 1 unspecified atom stereocenters. The van der Waals surface area contributed by atoms with Crippen LogP contribution < -0.4 is 10.1 Å². The van der Waals surface area contributed by atoms with Gasteiger partial charge in [-0.3, -0.25) is 9.59 Å². The zero-order valence-corrected chi connectivity index (χ0v) is 20.0. The van der Waals surface area contributed by atoms with Crippen LogP contribution in [-0.4, -0.2) is 42.2 Å². The predicted octanol–water partition coefficient (Wildman–Crippen LogP) is 4.92. The molecule has 0 aromatic heterocycles. The van der Waals surface area contributed by atoms with Gasteiger partial charge in [-0.1, -0.05) is 49.7 Å². The van der Waals surface area contributed by atoms with Crippen LogP contribution in [0, 0.1) is 0 Å². The van der Waals surface area contributed by atoms with Crippen LogP contribution in [0.2, 0.25) is 5.02 Å². The van der Waals surface area contributed by atoms with E-state index in [4.69, 9.17) is 16.3 Å². The van der Waals surface area contributed by atoms with Gasteiger partial charge < -0.3 is 15.0 Å². The highest BCUT2D eigenvalue weighted by molar-refractivity contribution is 7.99. The molecule has 0 radical (unpaired) electrons. The molecule has 5 nitrogen and oxygen atoms in total. The second-order valence-electron chi connectivity index (χ2n) is 7.21. The van der Waals surface area contributed by atoms with E-state index < -0.39 is 6.04 Å². The van der Waals surface area contributed by atoms with Gasteiger partial charge in [0, 0.05) is 23.9 Å². The summed E-state index contributed by atoms with van der Waals surface area (Å²) in [7, 11) is 1.62. The minimum Gasteiger partial charge on any atom is -0.497 e. The number of hydrogen-bond donors (Lipinski definition) is 1. The summed E-state index contributed by atoms with van der Waals surface area (Å²) in [5.74, 6) is 1.57. The number of methoxy groups -OCH3 is 1. The molecule has 7 heteroatoms. The van der Waals surface area contributed by atoms with E-state index in [1.54, 1.807) is 12.0 Å². The van der Waals surface area contributed by atoms with Crippen LogP contribution in [0.3, 0.4) is 0 Å². The van der Waals surface area contributed by atoms with Gasteiger partial charge in [0.05, 0.1) is 12.9 Å². The van der Waals surface area contributed by atoms with Crippen molar-refractivity contribution in [2.45, 2.75) is 45.0 Å². The third-order valence-corrected chi connectivity index (χ3v) is 6.05. The Morgan fingerprint density at radius 1 is 1.13 bits per heavy atom. The zero-order valence-electron chi connectivity index (χ0n) is 18.4. The molecule has 168 valence electrons. The second kappa shape index (κ2) is 13.3. The Kier molecular flexibility index (Phi) is 10.7. The minimum absolute atomic E-state index is 0.0543. The van der Waals surface area contributed by atoms with Crippen molar-refractivity contribution in [3.05, 3.63) is 64.7 Å². The fraction of sp³-hybridized carbons (Fsp3) is 0.417. The number of hydrogen-bond acceptors (Lipinski definition) is 4. The van der Waals surface area contributed by atoms with Crippen LogP contribution >= 0.6 is 23.4 Å². The number of amides is 2. The lowest BCUT2D eigenvalue weighted by Gasteiger charge is -2.30. The normalized spacial score (nSPS) is 11.6. The molecule has 0 bridgehead atoms. The molecule has 0 heterocycles. The van der Waals surface area contributed by atoms with E-state index in [-0.39, 0.29) is 11.8 Å². The molecule has 1 N–H and O–H groups in total. The van der Waals surface area contributed by atoms with Crippen LogP contribution in [-0.2, 0) is 21.9 Å². The third-order valence-electron chi connectivity index (χ3n) is 4.83. The zero-order chi connectivity index (χ0) is 22.6. The molecular formula is C24H31ClN2O3S. The molecular weight excluding hydrogens is 432 g/mol. The molecule has 0 aliphatic rings. The number of thioether (sulfide) groups is 1. The molecule has 0 saturated heterocycles. The van der Waals surface area contributed by atoms with Crippen LogP contribution in [0.15, 0.2) is 48.5 Å². The highest BCUT2D eigenvalue weighted by Gasteiger charge is 2.28. The highest BCUT2D eigenvalue weighted by Crippen LogP contribution is 2.20. The summed E-state index contributed by atoms with van der Waals surface area (Å²) in [6, 6.07) is 14.7. The van der Waals surface area contributed by atoms with Crippen molar-refractivity contribution in [3.8, 4) is 5.75 Å². The Hall–Kier alpha value is -2.18. The molecule has 2 amide bonds. The Morgan fingerprint density at radius 3 is 2.48 bits per heavy atom. The first-order valence-corrected chi connectivity index (χ1v) is 12.0. The quantitative estimate of drug-likeness (QED) is 0.486. The molecule has 31 heavy (non-hydrogen) atoms. The molecule has 0 aliphatic heterocycles. The van der Waals surface area contributed by atoms with Crippen LogP contribution in [0.4, 0.5) is 0 Å². The Bertz CT molecular complexity index is 845. The van der Waals surface area contributed by atoms with Crippen molar-refractivity contribution in [1.29, 1.82) is 0 Å². The Balaban J connectivity index is 2.11. The molecule has 0 saturated carbocycles. The molecule has 1 atom stereocenters. The smallest absolute Gasteiger partial charge is 0.242 e. The number of carbonyl (C=O) groups is 2. The topological polar surface area (TPSA) is 58.6 Å². The van der Waals surface area contributed by atoms with Gasteiger partial charge in [0.2, 0.25) is 11.8 Å². The Labute approximate surface area is 194 Å². The molecule has 2 rings (SSSR count). The maximum absolute atomic E-state index is 13.2. The van der Waals surface area contributed by atoms with E-state index in [9.17, 15) is 9.59 Å². The van der Waals surface area contributed by atoms with Gasteiger partial charge in [-0.2, -0.15) is 0 Å². The second-order valence-corrected chi connectivity index (χ2v) is 8.63. The standard InChI is InChI=1S/C24H31ClN2O3S/c1-4-13-26-24(29)22(5-2)27(15-18-9-11-21(30-3)12-10-18)23(28)17-31-16-19-7-6-8-20(25)14-19/h6-12,14,22H,4-5,13,15-17H2,1-3H3,(H,26,29). The van der Waals surface area contributed by atoms with Gasteiger partial charge in [-0.25, -0.2) is 0 Å². The largest absolute Gasteiger partial charge is 0.497 e. The highest BCUT2D eigenvalue weighted by atomic mass is 35.5. The number of rotatable bonds is 12. The Morgan fingerprint density at radius 2 is 1.87 bits per heavy atom. The van der Waals surface area contributed by atoms with Gasteiger partial charge in [0.15, 0.2) is 0 Å². The van der Waals surface area contributed by atoms with Gasteiger partial charge in [-0.05, 0) is 48.2 Å². The monoisotopic (exact) mass is 462 g/mol. The number of ether oxygens (including phenoxy) is 1. The SMILES string of the molecule is CCCNC(=O)C(CC)N(Cc1ccc(OC)cc1)C(=O)CSCc1cccc(Cl)c1. The summed E-state index contributed by atoms with van der Waals surface area (Å²) in [5, 5.41) is 3.62. The van der Waals surface area contributed by atoms with Gasteiger partial charge in [0.25, 0.3) is 0 Å². The minimum atomic E-state index is -0.507. The fourth-order valence-corrected chi connectivity index (χ4v) is 4.25. The van der Waals surface area contributed by atoms with Gasteiger partial charge >= 0.3 is 0 Å². The van der Waals surface area contributed by atoms with Crippen LogP contribution in [0.25, 0.3) is 0 Å². The van der Waals surface area contributed by atoms with E-state index >= 15 is 0 Å². The van der Waals surface area contributed by atoms with Gasteiger partial charge in [-0.15, -0.1) is 11.8 Å². The van der Waals surface area contributed by atoms with E-state index in [1.807, 2.05) is 62.4 Å². The molecule has 0 spiro atoms. The predicted molar refractivity (Wildman–Crippen MR) is 129 cm³/mol. The van der Waals surface area contributed by atoms with Crippen molar-refractivity contribution >= 4 is 35.2 Å². The van der Waals surface area contributed by atoms with Crippen molar-refractivity contribution in [3.63, 3.8) is 0 Å². The first kappa shape index (κ1) is 25.1. The molecule has 2 aromatic rings. The first-order chi connectivity index (χ1) is 15.0. The van der Waals surface area contributed by atoms with Crippen LogP contribution in [0.1, 0.15) is 37.8 Å². The summed E-state index contributed by atoms with van der Waals surface area (Å²) in [6.07, 6.45) is 1.40. The lowest BCUT2D eigenvalue weighted by atomic mass is 10.1. The summed E-state index contributed by atoms with van der Waals surface area (Å²) < 4.78 is 5.22. The molecule has 0 fully saturated rings. The van der Waals surface area contributed by atoms with E-state index in [2.05, 4.69) is 5.32 Å². The fourth-order valence-electron chi connectivity index (χ4n) is 3.18. The van der Waals surface area contributed by atoms with Gasteiger partial charge in [0.1, 0.15) is 11.8 Å². The maximum Gasteiger partial charge on any atom is 0.242 e. The first-order valence-electron chi connectivity index (χ1n) is 10.5. The average molecular weight is 463 g/mol. The summed E-state index contributed by atoms with van der Waals surface area (Å²) in [5.41, 5.74) is 2.02. The number of carbonyl (C=O) groups excluding carboxylic acids is 2. The molecule has 2 aromatic carbocycles. The average Bonchev–Trinajstić information content (AvgIpc) is 2.78. The lowest BCUT2D eigenvalue weighted by Crippen LogP contribution is -2.49. The van der Waals surface area contributed by atoms with E-state index in [0.717, 1.165) is 23.3 Å².